The van der Waals surface area contributed by atoms with Crippen LogP contribution in [-0.4, -0.2) is 18.1 Å². The van der Waals surface area contributed by atoms with Gasteiger partial charge >= 0.3 is 0 Å². The second-order valence-corrected chi connectivity index (χ2v) is 6.51. The molecular weight excluding hydrogens is 282 g/mol. The smallest absolute Gasteiger partial charge is 0.260 e. The Balaban J connectivity index is 1.94. The molecule has 3 nitrogen and oxygen atoms in total. The van der Waals surface area contributed by atoms with Crippen LogP contribution in [0.3, 0.4) is 0 Å². The number of hydrogen-bond acceptors (Lipinski definition) is 3. The lowest BCUT2D eigenvalue weighted by molar-refractivity contribution is -0.125. The highest BCUT2D eigenvalue weighted by atomic mass is 32.2. The number of likely N-dealkylation sites (N-methyl/N-ethyl adjacent to an activating group) is 1. The zero-order valence-electron chi connectivity index (χ0n) is 12.3. The van der Waals surface area contributed by atoms with E-state index in [4.69, 9.17) is 0 Å². The molecule has 21 heavy (non-hydrogen) atoms. The van der Waals surface area contributed by atoms with Crippen molar-refractivity contribution in [3.05, 3.63) is 53.1 Å². The molecule has 1 amide bonds. The van der Waals surface area contributed by atoms with Gasteiger partial charge in [-0.2, -0.15) is 0 Å². The Hall–Kier alpha value is -1.78. The van der Waals surface area contributed by atoms with Crippen molar-refractivity contribution in [3.63, 3.8) is 0 Å². The van der Waals surface area contributed by atoms with Crippen LogP contribution >= 0.6 is 11.8 Å². The molecule has 2 aromatic carbocycles. The lowest BCUT2D eigenvalue weighted by Gasteiger charge is -2.12. The van der Waals surface area contributed by atoms with Crippen molar-refractivity contribution in [2.24, 2.45) is 0 Å². The van der Waals surface area contributed by atoms with Gasteiger partial charge in [-0.25, -0.2) is 0 Å². The van der Waals surface area contributed by atoms with Crippen LogP contribution in [0.15, 0.2) is 46.2 Å². The van der Waals surface area contributed by atoms with Crippen molar-refractivity contribution in [1.82, 2.24) is 0 Å². The predicted molar refractivity (Wildman–Crippen MR) is 84.9 cm³/mol. The summed E-state index contributed by atoms with van der Waals surface area (Å²) in [6.45, 7) is 4.18. The third-order valence-corrected chi connectivity index (χ3v) is 4.95. The number of amides is 1. The molecular formula is C17H17NO2S. The van der Waals surface area contributed by atoms with Crippen LogP contribution in [0, 0.1) is 13.8 Å². The van der Waals surface area contributed by atoms with Crippen LogP contribution in [-0.2, 0) is 4.79 Å². The average Bonchev–Trinajstić information content (AvgIpc) is 2.67. The van der Waals surface area contributed by atoms with E-state index in [2.05, 4.69) is 32.0 Å². The van der Waals surface area contributed by atoms with Gasteiger partial charge < -0.3 is 10.0 Å². The van der Waals surface area contributed by atoms with Crippen LogP contribution in [0.4, 0.5) is 5.69 Å². The molecule has 3 rings (SSSR count). The number of anilines is 1. The van der Waals surface area contributed by atoms with E-state index >= 15 is 0 Å². The Morgan fingerprint density at radius 1 is 1.14 bits per heavy atom. The summed E-state index contributed by atoms with van der Waals surface area (Å²) in [5, 5.41) is 9.88. The van der Waals surface area contributed by atoms with Crippen molar-refractivity contribution in [2.75, 3.05) is 11.9 Å². The molecule has 0 spiro atoms. The average molecular weight is 299 g/mol. The lowest BCUT2D eigenvalue weighted by Crippen LogP contribution is -2.23. The molecule has 1 unspecified atom stereocenters. The normalized spacial score (nSPS) is 17.2. The molecule has 0 saturated heterocycles. The molecule has 1 heterocycles. The Labute approximate surface area is 128 Å². The molecule has 0 bridgehead atoms. The number of aryl methyl sites for hydroxylation is 2. The number of nitrogens with zero attached hydrogens (tertiary/aromatic N) is 1. The van der Waals surface area contributed by atoms with Crippen molar-refractivity contribution < 1.29 is 9.90 Å². The first kappa shape index (κ1) is 14.2. The molecule has 0 fully saturated rings. The van der Waals surface area contributed by atoms with Gasteiger partial charge in [0.25, 0.3) is 5.91 Å². The number of aliphatic hydroxyl groups is 1. The van der Waals surface area contributed by atoms with Crippen molar-refractivity contribution >= 4 is 23.4 Å². The fourth-order valence-electron chi connectivity index (χ4n) is 2.58. The largest absolute Gasteiger partial charge is 0.378 e. The number of hydrogen-bond donors (Lipinski definition) is 1. The molecule has 1 N–H and O–H groups in total. The second-order valence-electron chi connectivity index (χ2n) is 5.39. The highest BCUT2D eigenvalue weighted by Crippen LogP contribution is 2.39. The van der Waals surface area contributed by atoms with E-state index in [0.717, 1.165) is 10.6 Å². The van der Waals surface area contributed by atoms with Gasteiger partial charge in [-0.1, -0.05) is 35.5 Å². The molecule has 0 aromatic heterocycles. The predicted octanol–water partition coefficient (Wildman–Crippen LogP) is 3.46. The molecule has 0 saturated carbocycles. The summed E-state index contributed by atoms with van der Waals surface area (Å²) in [7, 11) is 1.70. The summed E-state index contributed by atoms with van der Waals surface area (Å²) in [6.07, 6.45) is -1.02. The molecule has 1 atom stereocenters. The number of rotatable bonds is 2. The Kier molecular flexibility index (Phi) is 3.51. The van der Waals surface area contributed by atoms with Gasteiger partial charge in [-0.3, -0.25) is 4.79 Å². The van der Waals surface area contributed by atoms with Crippen LogP contribution < -0.4 is 4.90 Å². The third-order valence-electron chi connectivity index (χ3n) is 3.78. The molecule has 0 radical (unpaired) electrons. The van der Waals surface area contributed by atoms with E-state index in [-0.39, 0.29) is 5.91 Å². The monoisotopic (exact) mass is 299 g/mol. The van der Waals surface area contributed by atoms with Gasteiger partial charge in [0.15, 0.2) is 6.10 Å². The molecule has 2 aromatic rings. The fraction of sp³-hybridized carbons (Fsp3) is 0.235. The van der Waals surface area contributed by atoms with Gasteiger partial charge in [-0.15, -0.1) is 0 Å². The summed E-state index contributed by atoms with van der Waals surface area (Å²) < 4.78 is 0. The minimum Gasteiger partial charge on any atom is -0.378 e. The maximum absolute atomic E-state index is 11.8. The van der Waals surface area contributed by atoms with Gasteiger partial charge in [0.1, 0.15) is 0 Å². The first-order valence-corrected chi connectivity index (χ1v) is 7.63. The van der Waals surface area contributed by atoms with Crippen molar-refractivity contribution in [2.45, 2.75) is 29.7 Å². The highest BCUT2D eigenvalue weighted by Gasteiger charge is 2.33. The van der Waals surface area contributed by atoms with Gasteiger partial charge in [-0.05, 0) is 37.6 Å². The minimum absolute atomic E-state index is 0.265. The number of carbonyl (C=O) groups excluding carboxylic acids is 1. The number of fused-ring (bicyclic) bond motifs is 1. The zero-order valence-corrected chi connectivity index (χ0v) is 13.1. The maximum atomic E-state index is 11.8. The van der Waals surface area contributed by atoms with E-state index in [1.54, 1.807) is 18.8 Å². The minimum atomic E-state index is -1.02. The molecule has 1 aliphatic heterocycles. The fourth-order valence-corrected chi connectivity index (χ4v) is 3.50. The third kappa shape index (κ3) is 2.45. The number of carbonyl (C=O) groups is 1. The number of benzene rings is 2. The zero-order chi connectivity index (χ0) is 15.1. The van der Waals surface area contributed by atoms with Crippen LogP contribution in [0.25, 0.3) is 0 Å². The molecule has 4 heteroatoms. The number of aliphatic hydroxyl groups excluding tert-OH is 1. The summed E-state index contributed by atoms with van der Waals surface area (Å²) in [5.41, 5.74) is 3.97. The van der Waals surface area contributed by atoms with E-state index in [9.17, 15) is 9.90 Å². The van der Waals surface area contributed by atoms with E-state index in [0.29, 0.717) is 5.56 Å². The van der Waals surface area contributed by atoms with Gasteiger partial charge in [0.2, 0.25) is 0 Å². The molecule has 0 aliphatic carbocycles. The van der Waals surface area contributed by atoms with Crippen molar-refractivity contribution in [1.29, 1.82) is 0 Å². The quantitative estimate of drug-likeness (QED) is 0.923. The maximum Gasteiger partial charge on any atom is 0.260 e. The second kappa shape index (κ2) is 5.20. The van der Waals surface area contributed by atoms with E-state index in [1.807, 2.05) is 18.2 Å². The SMILES string of the molecule is Cc1ccc(Sc2ccc3c(c2)N(C)C(=O)C3O)c(C)c1. The summed E-state index contributed by atoms with van der Waals surface area (Å²) in [4.78, 5) is 15.6. The van der Waals surface area contributed by atoms with Gasteiger partial charge in [0.05, 0.1) is 5.69 Å². The van der Waals surface area contributed by atoms with E-state index < -0.39 is 6.10 Å². The summed E-state index contributed by atoms with van der Waals surface area (Å²) in [6, 6.07) is 12.1. The summed E-state index contributed by atoms with van der Waals surface area (Å²) >= 11 is 1.67. The lowest BCUT2D eigenvalue weighted by atomic mass is 10.1. The topological polar surface area (TPSA) is 40.5 Å². The first-order chi connectivity index (χ1) is 9.97. The Morgan fingerprint density at radius 2 is 1.90 bits per heavy atom. The molecule has 1 aliphatic rings. The standard InChI is InChI=1S/C17H17NO2S/c1-10-4-7-15(11(2)8-10)21-12-5-6-13-14(9-12)18(3)17(20)16(13)19/h4-9,16,19H,1-3H3. The highest BCUT2D eigenvalue weighted by molar-refractivity contribution is 7.99. The van der Waals surface area contributed by atoms with Crippen LogP contribution in [0.2, 0.25) is 0 Å². The Morgan fingerprint density at radius 3 is 2.62 bits per heavy atom. The van der Waals surface area contributed by atoms with E-state index in [1.165, 1.54) is 20.9 Å². The summed E-state index contributed by atoms with van der Waals surface area (Å²) in [5.74, 6) is -0.265. The Bertz CT molecular complexity index is 727. The molecule has 108 valence electrons. The van der Waals surface area contributed by atoms with Crippen LogP contribution in [0.1, 0.15) is 22.8 Å². The van der Waals surface area contributed by atoms with Gasteiger partial charge in [0, 0.05) is 22.4 Å². The van der Waals surface area contributed by atoms with Crippen molar-refractivity contribution in [3.8, 4) is 0 Å². The van der Waals surface area contributed by atoms with Crippen LogP contribution in [0.5, 0.6) is 0 Å². The first-order valence-electron chi connectivity index (χ1n) is 6.82.